The summed E-state index contributed by atoms with van der Waals surface area (Å²) in [6, 6.07) is 19.4. The van der Waals surface area contributed by atoms with Gasteiger partial charge >= 0.3 is 0 Å². The molecule has 1 atom stereocenters. The zero-order chi connectivity index (χ0) is 22.3. The Morgan fingerprint density at radius 2 is 1.84 bits per heavy atom. The topological polar surface area (TPSA) is 76.6 Å². The summed E-state index contributed by atoms with van der Waals surface area (Å²) in [6.45, 7) is 2.00. The number of ether oxygens (including phenoxy) is 2. The second-order valence-electron chi connectivity index (χ2n) is 7.86. The van der Waals surface area contributed by atoms with Crippen LogP contribution < -0.4 is 19.7 Å². The summed E-state index contributed by atoms with van der Waals surface area (Å²) in [6.07, 6.45) is 1.82. The Morgan fingerprint density at radius 3 is 2.56 bits per heavy atom. The molecule has 1 aliphatic rings. The van der Waals surface area contributed by atoms with Gasteiger partial charge in [-0.3, -0.25) is 4.79 Å². The van der Waals surface area contributed by atoms with Gasteiger partial charge in [-0.1, -0.05) is 12.1 Å². The molecule has 0 spiro atoms. The Balaban J connectivity index is 1.36. The molecular weight excluding hydrogens is 404 g/mol. The van der Waals surface area contributed by atoms with Crippen LogP contribution in [0.5, 0.6) is 11.5 Å². The number of methoxy groups -OCH3 is 2. The molecule has 4 rings (SSSR count). The fourth-order valence-electron chi connectivity index (χ4n) is 3.92. The average molecular weight is 433 g/mol. The Kier molecular flexibility index (Phi) is 6.84. The first-order chi connectivity index (χ1) is 15.7. The van der Waals surface area contributed by atoms with E-state index >= 15 is 0 Å². The van der Waals surface area contributed by atoms with E-state index in [2.05, 4.69) is 20.4 Å². The maximum absolute atomic E-state index is 12.8. The van der Waals surface area contributed by atoms with Crippen molar-refractivity contribution in [3.8, 4) is 22.8 Å². The molecule has 2 aromatic carbocycles. The van der Waals surface area contributed by atoms with Crippen LogP contribution in [0.15, 0.2) is 60.7 Å². The zero-order valence-corrected chi connectivity index (χ0v) is 18.5. The highest BCUT2D eigenvalue weighted by molar-refractivity contribution is 5.79. The van der Waals surface area contributed by atoms with E-state index in [0.29, 0.717) is 13.1 Å². The highest BCUT2D eigenvalue weighted by atomic mass is 16.5. The Bertz CT molecular complexity index is 1040. The molecule has 0 aliphatic carbocycles. The van der Waals surface area contributed by atoms with Crippen molar-refractivity contribution >= 4 is 11.7 Å². The van der Waals surface area contributed by atoms with Gasteiger partial charge in [0, 0.05) is 25.2 Å². The normalized spacial score (nSPS) is 15.8. The van der Waals surface area contributed by atoms with Crippen LogP contribution in [-0.2, 0) is 11.3 Å². The third-order valence-electron chi connectivity index (χ3n) is 5.75. The monoisotopic (exact) mass is 432 g/mol. The van der Waals surface area contributed by atoms with E-state index in [1.165, 1.54) is 0 Å². The molecule has 0 bridgehead atoms. The molecular formula is C25H28N4O3. The molecule has 7 heteroatoms. The van der Waals surface area contributed by atoms with E-state index in [1.807, 2.05) is 60.7 Å². The molecule has 0 radical (unpaired) electrons. The van der Waals surface area contributed by atoms with Crippen molar-refractivity contribution in [2.75, 3.05) is 32.2 Å². The number of carbonyl (C=O) groups excluding carboxylic acids is 1. The lowest BCUT2D eigenvalue weighted by Crippen LogP contribution is -2.43. The predicted octanol–water partition coefficient (Wildman–Crippen LogP) is 3.69. The number of anilines is 1. The number of hydrogen-bond acceptors (Lipinski definition) is 6. The standard InChI is InChI=1S/C25H28N4O3/c1-31-21-10-8-19(9-11-21)23-12-13-24(28-27-23)29-14-4-6-20(17-29)25(30)26-16-18-5-3-7-22(15-18)32-2/h3,5,7-13,15,20H,4,6,14,16-17H2,1-2H3,(H,26,30). The van der Waals surface area contributed by atoms with Gasteiger partial charge < -0.3 is 19.7 Å². The summed E-state index contributed by atoms with van der Waals surface area (Å²) >= 11 is 0. The van der Waals surface area contributed by atoms with Crippen molar-refractivity contribution < 1.29 is 14.3 Å². The molecule has 3 aromatic rings. The highest BCUT2D eigenvalue weighted by Gasteiger charge is 2.26. The van der Waals surface area contributed by atoms with Gasteiger partial charge in [-0.15, -0.1) is 10.2 Å². The van der Waals surface area contributed by atoms with Crippen LogP contribution in [0.2, 0.25) is 0 Å². The molecule has 2 heterocycles. The Labute approximate surface area is 188 Å². The zero-order valence-electron chi connectivity index (χ0n) is 18.5. The van der Waals surface area contributed by atoms with Crippen molar-refractivity contribution in [2.24, 2.45) is 5.92 Å². The van der Waals surface area contributed by atoms with Gasteiger partial charge in [0.05, 0.1) is 25.8 Å². The summed E-state index contributed by atoms with van der Waals surface area (Å²) in [5, 5.41) is 11.9. The summed E-state index contributed by atoms with van der Waals surface area (Å²) in [7, 11) is 3.29. The number of amides is 1. The molecule has 1 N–H and O–H groups in total. The second-order valence-corrected chi connectivity index (χ2v) is 7.86. The molecule has 1 aliphatic heterocycles. The minimum Gasteiger partial charge on any atom is -0.497 e. The lowest BCUT2D eigenvalue weighted by molar-refractivity contribution is -0.125. The molecule has 7 nitrogen and oxygen atoms in total. The first kappa shape index (κ1) is 21.6. The van der Waals surface area contributed by atoms with E-state index in [4.69, 9.17) is 9.47 Å². The summed E-state index contributed by atoms with van der Waals surface area (Å²) in [5.41, 5.74) is 2.81. The van der Waals surface area contributed by atoms with Gasteiger partial charge in [0.15, 0.2) is 5.82 Å². The molecule has 32 heavy (non-hydrogen) atoms. The van der Waals surface area contributed by atoms with Gasteiger partial charge in [-0.05, 0) is 66.9 Å². The third-order valence-corrected chi connectivity index (χ3v) is 5.75. The number of nitrogens with zero attached hydrogens (tertiary/aromatic N) is 3. The summed E-state index contributed by atoms with van der Waals surface area (Å²) < 4.78 is 10.5. The first-order valence-corrected chi connectivity index (χ1v) is 10.8. The predicted molar refractivity (Wildman–Crippen MR) is 124 cm³/mol. The lowest BCUT2D eigenvalue weighted by atomic mass is 9.97. The number of benzene rings is 2. The van der Waals surface area contributed by atoms with Crippen LogP contribution in [0, 0.1) is 5.92 Å². The average Bonchev–Trinajstić information content (AvgIpc) is 2.87. The maximum Gasteiger partial charge on any atom is 0.225 e. The summed E-state index contributed by atoms with van der Waals surface area (Å²) in [4.78, 5) is 14.9. The molecule has 1 aromatic heterocycles. The highest BCUT2D eigenvalue weighted by Crippen LogP contribution is 2.24. The van der Waals surface area contributed by atoms with Crippen LogP contribution in [0.1, 0.15) is 18.4 Å². The Morgan fingerprint density at radius 1 is 1.03 bits per heavy atom. The van der Waals surface area contributed by atoms with Gasteiger partial charge in [0.2, 0.25) is 5.91 Å². The fourth-order valence-corrected chi connectivity index (χ4v) is 3.92. The minimum absolute atomic E-state index is 0.0698. The van der Waals surface area contributed by atoms with E-state index in [1.54, 1.807) is 14.2 Å². The number of hydrogen-bond donors (Lipinski definition) is 1. The second kappa shape index (κ2) is 10.1. The van der Waals surface area contributed by atoms with Crippen LogP contribution in [0.4, 0.5) is 5.82 Å². The van der Waals surface area contributed by atoms with Gasteiger partial charge in [-0.25, -0.2) is 0 Å². The van der Waals surface area contributed by atoms with Gasteiger partial charge in [0.1, 0.15) is 11.5 Å². The van der Waals surface area contributed by atoms with E-state index < -0.39 is 0 Å². The lowest BCUT2D eigenvalue weighted by Gasteiger charge is -2.32. The number of nitrogens with one attached hydrogen (secondary N) is 1. The fraction of sp³-hybridized carbons (Fsp3) is 0.320. The van der Waals surface area contributed by atoms with Crippen molar-refractivity contribution in [1.29, 1.82) is 0 Å². The van der Waals surface area contributed by atoms with Crippen molar-refractivity contribution in [1.82, 2.24) is 15.5 Å². The molecule has 1 fully saturated rings. The molecule has 1 unspecified atom stereocenters. The first-order valence-electron chi connectivity index (χ1n) is 10.8. The number of carbonyl (C=O) groups is 1. The minimum atomic E-state index is -0.0718. The van der Waals surface area contributed by atoms with E-state index in [-0.39, 0.29) is 11.8 Å². The Hall–Kier alpha value is -3.61. The maximum atomic E-state index is 12.8. The van der Waals surface area contributed by atoms with Crippen LogP contribution in [0.25, 0.3) is 11.3 Å². The van der Waals surface area contributed by atoms with Crippen molar-refractivity contribution in [3.05, 3.63) is 66.2 Å². The van der Waals surface area contributed by atoms with Crippen molar-refractivity contribution in [2.45, 2.75) is 19.4 Å². The molecule has 0 saturated carbocycles. The number of piperidine rings is 1. The van der Waals surface area contributed by atoms with E-state index in [9.17, 15) is 4.79 Å². The number of rotatable bonds is 7. The van der Waals surface area contributed by atoms with Crippen molar-refractivity contribution in [3.63, 3.8) is 0 Å². The largest absolute Gasteiger partial charge is 0.497 e. The molecule has 166 valence electrons. The quantitative estimate of drug-likeness (QED) is 0.614. The van der Waals surface area contributed by atoms with Crippen LogP contribution in [0.3, 0.4) is 0 Å². The van der Waals surface area contributed by atoms with Crippen LogP contribution in [-0.4, -0.2) is 43.4 Å². The smallest absolute Gasteiger partial charge is 0.225 e. The van der Waals surface area contributed by atoms with Gasteiger partial charge in [0.25, 0.3) is 0 Å². The molecule has 1 amide bonds. The van der Waals surface area contributed by atoms with Crippen LogP contribution >= 0.6 is 0 Å². The van der Waals surface area contributed by atoms with E-state index in [0.717, 1.165) is 53.5 Å². The van der Waals surface area contributed by atoms with Gasteiger partial charge in [-0.2, -0.15) is 0 Å². The SMILES string of the molecule is COc1ccc(-c2ccc(N3CCCC(C(=O)NCc4cccc(OC)c4)C3)nn2)cc1. The number of aromatic nitrogens is 2. The molecule has 1 saturated heterocycles. The third kappa shape index (κ3) is 5.17. The summed E-state index contributed by atoms with van der Waals surface area (Å²) in [5.74, 6) is 2.39.